The van der Waals surface area contributed by atoms with Crippen molar-refractivity contribution in [2.75, 3.05) is 13.6 Å². The van der Waals surface area contributed by atoms with Crippen LogP contribution in [0.25, 0.3) is 0 Å². The molecule has 0 aliphatic heterocycles. The molecule has 4 aromatic rings. The first-order valence-corrected chi connectivity index (χ1v) is 14.1. The molecule has 0 radical (unpaired) electrons. The van der Waals surface area contributed by atoms with E-state index in [1.165, 1.54) is 31.3 Å². The predicted octanol–water partition coefficient (Wildman–Crippen LogP) is 7.62. The summed E-state index contributed by atoms with van der Waals surface area (Å²) in [7, 11) is 1.27. The highest BCUT2D eigenvalue weighted by Crippen LogP contribution is 2.37. The van der Waals surface area contributed by atoms with Crippen molar-refractivity contribution in [2.24, 2.45) is 0 Å². The number of hydrogen-bond acceptors (Lipinski definition) is 3. The lowest BCUT2D eigenvalue weighted by molar-refractivity contribution is -0.143. The van der Waals surface area contributed by atoms with Gasteiger partial charge in [0.1, 0.15) is 5.75 Å². The fraction of sp³-hybridized carbons (Fsp3) is 0.200. The van der Waals surface area contributed by atoms with Crippen LogP contribution in [-0.4, -0.2) is 41.5 Å². The summed E-state index contributed by atoms with van der Waals surface area (Å²) in [6.45, 7) is 0.235. The molecule has 2 amide bonds. The molecule has 2 N–H and O–H groups in total. The molecule has 1 unspecified atom stereocenters. The Morgan fingerprint density at radius 3 is 1.76 bits per heavy atom. The van der Waals surface area contributed by atoms with Crippen molar-refractivity contribution in [3.63, 3.8) is 0 Å². The van der Waals surface area contributed by atoms with E-state index in [0.29, 0.717) is 29.7 Å². The van der Waals surface area contributed by atoms with Crippen LogP contribution < -0.4 is 5.32 Å². The van der Waals surface area contributed by atoms with Gasteiger partial charge >= 0.3 is 12.4 Å². The summed E-state index contributed by atoms with van der Waals surface area (Å²) in [5.41, 5.74) is -1.78. The number of aromatic hydroxyl groups is 1. The van der Waals surface area contributed by atoms with Crippen LogP contribution in [0.5, 0.6) is 5.75 Å². The quantitative estimate of drug-likeness (QED) is 0.139. The van der Waals surface area contributed by atoms with E-state index < -0.39 is 52.8 Å². The number of phenolic OH excluding ortho intramolecular Hbond substituents is 1. The van der Waals surface area contributed by atoms with E-state index >= 15 is 0 Å². The first-order chi connectivity index (χ1) is 21.7. The Hall–Kier alpha value is -5.06. The van der Waals surface area contributed by atoms with Crippen molar-refractivity contribution in [1.82, 2.24) is 10.2 Å². The molecule has 5 nitrogen and oxygen atoms in total. The summed E-state index contributed by atoms with van der Waals surface area (Å²) in [5.74, 6) is -2.18. The molecule has 0 saturated heterocycles. The van der Waals surface area contributed by atoms with Gasteiger partial charge in [0.25, 0.3) is 5.91 Å². The van der Waals surface area contributed by atoms with Gasteiger partial charge in [0.2, 0.25) is 5.91 Å². The number of rotatable bonds is 10. The summed E-state index contributed by atoms with van der Waals surface area (Å²) in [4.78, 5) is 27.7. The summed E-state index contributed by atoms with van der Waals surface area (Å²) >= 11 is 0. The minimum atomic E-state index is -5.14. The van der Waals surface area contributed by atoms with Gasteiger partial charge in [-0.1, -0.05) is 78.9 Å². The van der Waals surface area contributed by atoms with Gasteiger partial charge in [0, 0.05) is 31.1 Å². The number of hydrogen-bond donors (Lipinski definition) is 2. The number of nitrogens with one attached hydrogen (secondary N) is 1. The molecule has 0 fully saturated rings. The van der Waals surface area contributed by atoms with E-state index in [2.05, 4.69) is 5.32 Å². The molecule has 0 aliphatic rings. The molecular formula is C35H30F6N2O3. The maximum Gasteiger partial charge on any atom is 0.416 e. The fourth-order valence-corrected chi connectivity index (χ4v) is 5.03. The van der Waals surface area contributed by atoms with Crippen molar-refractivity contribution in [2.45, 2.75) is 30.7 Å². The van der Waals surface area contributed by atoms with Crippen molar-refractivity contribution < 1.29 is 41.0 Å². The summed E-state index contributed by atoms with van der Waals surface area (Å²) in [5, 5.41) is 12.2. The minimum absolute atomic E-state index is 0.0343. The van der Waals surface area contributed by atoms with Crippen LogP contribution in [0.4, 0.5) is 26.3 Å². The molecule has 46 heavy (non-hydrogen) atoms. The molecule has 0 heterocycles. The Bertz CT molecular complexity index is 1580. The van der Waals surface area contributed by atoms with Crippen molar-refractivity contribution >= 4 is 11.8 Å². The third-order valence-corrected chi connectivity index (χ3v) is 7.36. The van der Waals surface area contributed by atoms with Gasteiger partial charge in [-0.15, -0.1) is 0 Å². The monoisotopic (exact) mass is 640 g/mol. The highest BCUT2D eigenvalue weighted by atomic mass is 19.4. The molecule has 4 rings (SSSR count). The zero-order valence-electron chi connectivity index (χ0n) is 24.5. The number of nitrogens with zero attached hydrogens (tertiary/aromatic N) is 1. The topological polar surface area (TPSA) is 69.6 Å². The van der Waals surface area contributed by atoms with Gasteiger partial charge in [-0.2, -0.15) is 26.3 Å². The average molecular weight is 641 g/mol. The molecule has 0 spiro atoms. The van der Waals surface area contributed by atoms with Gasteiger partial charge in [-0.05, 0) is 53.4 Å². The Labute approximate surface area is 261 Å². The molecule has 1 atom stereocenters. The number of carbonyl (C=O) groups excluding carboxylic acids is 2. The summed E-state index contributed by atoms with van der Waals surface area (Å²) in [6, 6.07) is 23.9. The Kier molecular flexibility index (Phi) is 10.6. The zero-order chi connectivity index (χ0) is 33.5. The fourth-order valence-electron chi connectivity index (χ4n) is 5.03. The van der Waals surface area contributed by atoms with Crippen LogP contribution in [-0.2, 0) is 23.6 Å². The normalized spacial score (nSPS) is 12.7. The van der Waals surface area contributed by atoms with Gasteiger partial charge in [0.05, 0.1) is 17.2 Å². The van der Waals surface area contributed by atoms with E-state index in [-0.39, 0.29) is 18.4 Å². The zero-order valence-corrected chi connectivity index (χ0v) is 24.5. The van der Waals surface area contributed by atoms with E-state index in [1.54, 1.807) is 72.8 Å². The van der Waals surface area contributed by atoms with Crippen molar-refractivity contribution in [3.05, 3.63) is 149 Å². The third kappa shape index (κ3) is 8.77. The van der Waals surface area contributed by atoms with Gasteiger partial charge in [0.15, 0.2) is 0 Å². The number of amides is 2. The maximum absolute atomic E-state index is 13.7. The van der Waals surface area contributed by atoms with E-state index in [4.69, 9.17) is 0 Å². The maximum atomic E-state index is 13.7. The van der Waals surface area contributed by atoms with Crippen LogP contribution in [0.3, 0.4) is 0 Å². The van der Waals surface area contributed by atoms with Gasteiger partial charge in [-0.3, -0.25) is 9.59 Å². The number of halogens is 6. The number of phenols is 1. The van der Waals surface area contributed by atoms with E-state index in [0.717, 1.165) is 10.5 Å². The molecule has 4 aromatic carbocycles. The molecule has 0 bridgehead atoms. The first kappa shape index (κ1) is 33.8. The molecule has 0 aromatic heterocycles. The highest BCUT2D eigenvalue weighted by Gasteiger charge is 2.38. The predicted molar refractivity (Wildman–Crippen MR) is 161 cm³/mol. The van der Waals surface area contributed by atoms with Crippen LogP contribution >= 0.6 is 0 Å². The minimum Gasteiger partial charge on any atom is -0.508 e. The van der Waals surface area contributed by atoms with Crippen LogP contribution in [0.15, 0.2) is 115 Å². The van der Waals surface area contributed by atoms with Crippen LogP contribution in [0.2, 0.25) is 0 Å². The molecule has 240 valence electrons. The summed E-state index contributed by atoms with van der Waals surface area (Å²) in [6.07, 6.45) is -7.21. The van der Waals surface area contributed by atoms with Gasteiger partial charge in [-0.25, -0.2) is 0 Å². The highest BCUT2D eigenvalue weighted by molar-refractivity contribution is 5.95. The Morgan fingerprint density at radius 1 is 0.783 bits per heavy atom. The SMILES string of the molecule is CN(C(=O)c1cc(C(F)(F)F)cc(C(F)(F)F)c1)C(C=CC(=O)NCCc1ccc(O)cc1)C(c1ccccc1)c1ccccc1. The molecule has 11 heteroatoms. The second-order valence-corrected chi connectivity index (χ2v) is 10.6. The third-order valence-electron chi connectivity index (χ3n) is 7.36. The van der Waals surface area contributed by atoms with Crippen molar-refractivity contribution in [3.8, 4) is 5.75 Å². The second-order valence-electron chi connectivity index (χ2n) is 10.6. The van der Waals surface area contributed by atoms with Crippen LogP contribution in [0.1, 0.15) is 44.1 Å². The Balaban J connectivity index is 1.72. The van der Waals surface area contributed by atoms with Gasteiger partial charge < -0.3 is 15.3 Å². The lowest BCUT2D eigenvalue weighted by Gasteiger charge is -2.34. The molecule has 0 aliphatic carbocycles. The summed E-state index contributed by atoms with van der Waals surface area (Å²) < 4.78 is 81.7. The second kappa shape index (κ2) is 14.4. The van der Waals surface area contributed by atoms with E-state index in [9.17, 15) is 41.0 Å². The number of carbonyl (C=O) groups is 2. The lowest BCUT2D eigenvalue weighted by atomic mass is 9.83. The Morgan fingerprint density at radius 2 is 1.28 bits per heavy atom. The van der Waals surface area contributed by atoms with Crippen LogP contribution in [0, 0.1) is 0 Å². The molecule has 0 saturated carbocycles. The number of benzene rings is 4. The van der Waals surface area contributed by atoms with E-state index in [1.807, 2.05) is 0 Å². The smallest absolute Gasteiger partial charge is 0.416 e. The van der Waals surface area contributed by atoms with Crippen molar-refractivity contribution in [1.29, 1.82) is 0 Å². The largest absolute Gasteiger partial charge is 0.508 e. The first-order valence-electron chi connectivity index (χ1n) is 14.1. The molecular weight excluding hydrogens is 610 g/mol. The standard InChI is InChI=1S/C35H30F6N2O3/c1-43(33(46)26-20-27(34(36,37)38)22-28(21-26)35(39,40)41)30(16-17-31(45)42-19-18-23-12-14-29(44)15-13-23)32(24-8-4-2-5-9-24)25-10-6-3-7-11-25/h2-17,20-22,30,32,44H,18-19H2,1H3,(H,42,45). The number of likely N-dealkylation sites (N-methyl/N-ethyl adjacent to an activating group) is 1. The lowest BCUT2D eigenvalue weighted by Crippen LogP contribution is -2.41. The number of alkyl halides is 6. The average Bonchev–Trinajstić information content (AvgIpc) is 3.03.